The molecule has 2 heterocycles. The van der Waals surface area contributed by atoms with Crippen molar-refractivity contribution < 1.29 is 4.74 Å². The third-order valence-electron chi connectivity index (χ3n) is 3.50. The Morgan fingerprint density at radius 3 is 2.77 bits per heavy atom. The Labute approximate surface area is 128 Å². The Kier molecular flexibility index (Phi) is 2.87. The summed E-state index contributed by atoms with van der Waals surface area (Å²) in [5.74, 6) is 1.26. The second kappa shape index (κ2) is 4.88. The van der Waals surface area contributed by atoms with E-state index in [1.165, 1.54) is 0 Å². The molecule has 4 rings (SSSR count). The van der Waals surface area contributed by atoms with Crippen LogP contribution in [0.15, 0.2) is 41.2 Å². The highest BCUT2D eigenvalue weighted by atomic mass is 32.1. The molecule has 0 fully saturated rings. The molecule has 2 aromatic carbocycles. The number of ether oxygens (including phenoxy) is 1. The highest BCUT2D eigenvalue weighted by Crippen LogP contribution is 2.29. The molecule has 0 amide bonds. The molecular formula is C15H10N4O2S. The molecule has 0 aliphatic carbocycles. The van der Waals surface area contributed by atoms with Gasteiger partial charge in [0.25, 0.3) is 0 Å². The van der Waals surface area contributed by atoms with E-state index in [0.29, 0.717) is 22.3 Å². The smallest absolute Gasteiger partial charge is 0.196 e. The number of benzene rings is 2. The molecule has 0 atom stereocenters. The summed E-state index contributed by atoms with van der Waals surface area (Å²) in [6.45, 7) is 0. The first-order valence-corrected chi connectivity index (χ1v) is 7.36. The number of methoxy groups -OCH3 is 1. The van der Waals surface area contributed by atoms with Crippen molar-refractivity contribution in [1.29, 1.82) is 0 Å². The summed E-state index contributed by atoms with van der Waals surface area (Å²) >= 11 is 1.56. The molecule has 0 saturated carbocycles. The standard InChI is InChI=1S/C15H10N4O2S/c1-21-9-3-5-12-11(7-9)14(20)10-4-2-8(6-13(10)22-12)15-16-18-19-17-15/h2-7H,1H3,(H,16,17,18,19). The van der Waals surface area contributed by atoms with E-state index in [-0.39, 0.29) is 5.43 Å². The normalized spacial score (nSPS) is 11.1. The fourth-order valence-corrected chi connectivity index (χ4v) is 3.48. The van der Waals surface area contributed by atoms with Crippen LogP contribution in [-0.2, 0) is 0 Å². The van der Waals surface area contributed by atoms with Gasteiger partial charge in [0.2, 0.25) is 0 Å². The van der Waals surface area contributed by atoms with Crippen molar-refractivity contribution >= 4 is 31.5 Å². The van der Waals surface area contributed by atoms with E-state index in [4.69, 9.17) is 4.74 Å². The van der Waals surface area contributed by atoms with Crippen molar-refractivity contribution in [2.24, 2.45) is 0 Å². The van der Waals surface area contributed by atoms with Gasteiger partial charge in [-0.1, -0.05) is 6.07 Å². The predicted molar refractivity (Wildman–Crippen MR) is 85.3 cm³/mol. The summed E-state index contributed by atoms with van der Waals surface area (Å²) in [5, 5.41) is 15.1. The van der Waals surface area contributed by atoms with E-state index in [1.807, 2.05) is 30.3 Å². The van der Waals surface area contributed by atoms with Crippen LogP contribution < -0.4 is 10.2 Å². The first kappa shape index (κ1) is 12.9. The van der Waals surface area contributed by atoms with Crippen LogP contribution in [0.1, 0.15) is 0 Å². The maximum atomic E-state index is 12.7. The molecule has 0 saturated heterocycles. The zero-order chi connectivity index (χ0) is 15.1. The molecule has 0 spiro atoms. The van der Waals surface area contributed by atoms with E-state index in [2.05, 4.69) is 20.6 Å². The molecule has 2 aromatic heterocycles. The summed E-state index contributed by atoms with van der Waals surface area (Å²) in [7, 11) is 1.59. The molecule has 0 aliphatic heterocycles. The van der Waals surface area contributed by atoms with Crippen LogP contribution in [0.2, 0.25) is 0 Å². The van der Waals surface area contributed by atoms with Crippen molar-refractivity contribution in [2.45, 2.75) is 0 Å². The fraction of sp³-hybridized carbons (Fsp3) is 0.0667. The van der Waals surface area contributed by atoms with Gasteiger partial charge < -0.3 is 4.74 Å². The first-order chi connectivity index (χ1) is 10.8. The van der Waals surface area contributed by atoms with Gasteiger partial charge in [0.1, 0.15) is 5.75 Å². The Bertz CT molecular complexity index is 1040. The Morgan fingerprint density at radius 1 is 1.09 bits per heavy atom. The van der Waals surface area contributed by atoms with Crippen molar-refractivity contribution in [2.75, 3.05) is 7.11 Å². The van der Waals surface area contributed by atoms with Gasteiger partial charge in [0.05, 0.1) is 7.11 Å². The molecule has 7 heteroatoms. The first-order valence-electron chi connectivity index (χ1n) is 6.55. The van der Waals surface area contributed by atoms with Crippen LogP contribution in [-0.4, -0.2) is 27.7 Å². The van der Waals surface area contributed by atoms with Gasteiger partial charge in [0.15, 0.2) is 11.3 Å². The van der Waals surface area contributed by atoms with E-state index in [1.54, 1.807) is 24.5 Å². The number of rotatable bonds is 2. The molecule has 22 heavy (non-hydrogen) atoms. The molecule has 6 nitrogen and oxygen atoms in total. The van der Waals surface area contributed by atoms with Crippen LogP contribution in [0.3, 0.4) is 0 Å². The van der Waals surface area contributed by atoms with Crippen LogP contribution in [0.25, 0.3) is 31.6 Å². The quantitative estimate of drug-likeness (QED) is 0.576. The lowest BCUT2D eigenvalue weighted by atomic mass is 10.1. The minimum absolute atomic E-state index is 0.00453. The van der Waals surface area contributed by atoms with Gasteiger partial charge in [-0.3, -0.25) is 4.79 Å². The summed E-state index contributed by atoms with van der Waals surface area (Å²) < 4.78 is 7.02. The van der Waals surface area contributed by atoms with Crippen molar-refractivity contribution in [3.63, 3.8) is 0 Å². The van der Waals surface area contributed by atoms with Gasteiger partial charge in [-0.2, -0.15) is 0 Å². The summed E-state index contributed by atoms with van der Waals surface area (Å²) in [4.78, 5) is 12.7. The minimum atomic E-state index is 0.00453. The SMILES string of the molecule is COc1ccc2sc3cc(-c4nnn[nH]4)ccc3c(=O)c2c1. The lowest BCUT2D eigenvalue weighted by Crippen LogP contribution is -2.01. The zero-order valence-electron chi connectivity index (χ0n) is 11.5. The highest BCUT2D eigenvalue weighted by molar-refractivity contribution is 7.24. The molecular weight excluding hydrogens is 300 g/mol. The third kappa shape index (κ3) is 1.94. The Balaban J connectivity index is 2.02. The average molecular weight is 310 g/mol. The van der Waals surface area contributed by atoms with Gasteiger partial charge in [-0.15, -0.1) is 16.4 Å². The van der Waals surface area contributed by atoms with E-state index in [9.17, 15) is 4.79 Å². The number of nitrogens with zero attached hydrogens (tertiary/aromatic N) is 3. The van der Waals surface area contributed by atoms with Crippen LogP contribution in [0.4, 0.5) is 0 Å². The summed E-state index contributed by atoms with van der Waals surface area (Å²) in [6, 6.07) is 11.1. The van der Waals surface area contributed by atoms with Crippen molar-refractivity contribution in [1.82, 2.24) is 20.6 Å². The molecule has 108 valence electrons. The lowest BCUT2D eigenvalue weighted by Gasteiger charge is -2.04. The number of aromatic nitrogens is 4. The van der Waals surface area contributed by atoms with Gasteiger partial charge in [-0.25, -0.2) is 5.10 Å². The van der Waals surface area contributed by atoms with Crippen molar-refractivity contribution in [3.8, 4) is 17.1 Å². The Hall–Kier alpha value is -2.80. The van der Waals surface area contributed by atoms with Gasteiger partial charge in [-0.05, 0) is 40.8 Å². The fourth-order valence-electron chi connectivity index (χ4n) is 2.39. The summed E-state index contributed by atoms with van der Waals surface area (Å²) in [6.07, 6.45) is 0. The van der Waals surface area contributed by atoms with Crippen LogP contribution in [0.5, 0.6) is 5.75 Å². The molecule has 0 radical (unpaired) electrons. The number of fused-ring (bicyclic) bond motifs is 2. The molecule has 0 bridgehead atoms. The predicted octanol–water partition coefficient (Wildman–Crippen LogP) is 2.60. The van der Waals surface area contributed by atoms with Crippen LogP contribution >= 0.6 is 11.3 Å². The molecule has 0 aliphatic rings. The maximum Gasteiger partial charge on any atom is 0.196 e. The second-order valence-electron chi connectivity index (χ2n) is 4.75. The minimum Gasteiger partial charge on any atom is -0.497 e. The van der Waals surface area contributed by atoms with Gasteiger partial charge >= 0.3 is 0 Å². The highest BCUT2D eigenvalue weighted by Gasteiger charge is 2.09. The lowest BCUT2D eigenvalue weighted by molar-refractivity contribution is 0.415. The molecule has 4 aromatic rings. The van der Waals surface area contributed by atoms with Gasteiger partial charge in [0, 0.05) is 25.7 Å². The van der Waals surface area contributed by atoms with E-state index >= 15 is 0 Å². The number of hydrogen-bond donors (Lipinski definition) is 1. The monoisotopic (exact) mass is 310 g/mol. The number of tetrazole rings is 1. The van der Waals surface area contributed by atoms with Crippen LogP contribution in [0, 0.1) is 0 Å². The molecule has 1 N–H and O–H groups in total. The number of hydrogen-bond acceptors (Lipinski definition) is 6. The third-order valence-corrected chi connectivity index (χ3v) is 4.63. The molecule has 0 unspecified atom stereocenters. The maximum absolute atomic E-state index is 12.7. The zero-order valence-corrected chi connectivity index (χ0v) is 12.3. The summed E-state index contributed by atoms with van der Waals surface area (Å²) in [5.41, 5.74) is 0.853. The van der Waals surface area contributed by atoms with E-state index in [0.717, 1.165) is 15.0 Å². The largest absolute Gasteiger partial charge is 0.497 e. The Morgan fingerprint density at radius 2 is 2.00 bits per heavy atom. The second-order valence-corrected chi connectivity index (χ2v) is 5.84. The number of nitrogens with one attached hydrogen (secondary N) is 1. The average Bonchev–Trinajstić information content (AvgIpc) is 3.09. The number of H-pyrrole nitrogens is 1. The van der Waals surface area contributed by atoms with E-state index < -0.39 is 0 Å². The van der Waals surface area contributed by atoms with Crippen molar-refractivity contribution in [3.05, 3.63) is 46.6 Å². The number of aromatic amines is 1. The topological polar surface area (TPSA) is 80.8 Å².